The minimum atomic E-state index is -3.80. The van der Waals surface area contributed by atoms with E-state index in [0.717, 1.165) is 10.9 Å². The fraction of sp³-hybridized carbons (Fsp3) is 0.400. The molecule has 0 aliphatic heterocycles. The number of anilines is 1. The number of halogens is 2. The molecule has 1 aromatic heterocycles. The zero-order chi connectivity index (χ0) is 27.3. The van der Waals surface area contributed by atoms with Crippen molar-refractivity contribution in [3.8, 4) is 0 Å². The second kappa shape index (κ2) is 12.4. The summed E-state index contributed by atoms with van der Waals surface area (Å²) >= 11 is 12.1. The Kier molecular flexibility index (Phi) is 9.71. The lowest BCUT2D eigenvalue weighted by Crippen LogP contribution is -2.40. The molecule has 0 saturated carbocycles. The van der Waals surface area contributed by atoms with Crippen LogP contribution in [0.4, 0.5) is 5.82 Å². The number of benzene rings is 2. The van der Waals surface area contributed by atoms with Crippen LogP contribution in [0.5, 0.6) is 0 Å². The first-order chi connectivity index (χ1) is 17.4. The minimum absolute atomic E-state index is 0.0193. The lowest BCUT2D eigenvalue weighted by molar-refractivity contribution is -0.119. The molecule has 37 heavy (non-hydrogen) atoms. The first-order valence-electron chi connectivity index (χ1n) is 11.9. The molecule has 1 heterocycles. The highest BCUT2D eigenvalue weighted by Gasteiger charge is 2.26. The predicted octanol–water partition coefficient (Wildman–Crippen LogP) is 4.00. The highest BCUT2D eigenvalue weighted by atomic mass is 35.5. The zero-order valence-corrected chi connectivity index (χ0v) is 23.6. The number of amides is 1. The summed E-state index contributed by atoms with van der Waals surface area (Å²) in [5.74, 6) is 0.565. The van der Waals surface area contributed by atoms with Gasteiger partial charge < -0.3 is 11.1 Å². The van der Waals surface area contributed by atoms with E-state index in [9.17, 15) is 13.2 Å². The second-order valence-corrected chi connectivity index (χ2v) is 11.8. The van der Waals surface area contributed by atoms with Gasteiger partial charge in [0.25, 0.3) is 0 Å². The summed E-state index contributed by atoms with van der Waals surface area (Å²) in [6.07, 6.45) is 0. The lowest BCUT2D eigenvalue weighted by atomic mass is 10.0. The van der Waals surface area contributed by atoms with Crippen molar-refractivity contribution in [2.45, 2.75) is 38.3 Å². The summed E-state index contributed by atoms with van der Waals surface area (Å²) < 4.78 is 27.7. The number of carbonyl (C=O) groups excluding carboxylic acids is 1. The maximum atomic E-state index is 13.2. The van der Waals surface area contributed by atoms with Crippen LogP contribution in [0.1, 0.15) is 26.6 Å². The van der Waals surface area contributed by atoms with Gasteiger partial charge in [-0.3, -0.25) is 9.69 Å². The molecule has 0 fully saturated rings. The number of rotatable bonds is 12. The predicted molar refractivity (Wildman–Crippen MR) is 148 cm³/mol. The molecule has 3 aromatic rings. The third-order valence-corrected chi connectivity index (χ3v) is 8.61. The number of hydrogen-bond acceptors (Lipinski definition) is 7. The molecule has 1 atom stereocenters. The number of aromatic nitrogens is 2. The van der Waals surface area contributed by atoms with Crippen LogP contribution < -0.4 is 11.1 Å². The molecule has 0 saturated heterocycles. The molecule has 0 unspecified atom stereocenters. The molecule has 2 aromatic carbocycles. The Morgan fingerprint density at radius 3 is 2.43 bits per heavy atom. The Balaban J connectivity index is 1.78. The van der Waals surface area contributed by atoms with Gasteiger partial charge >= 0.3 is 0 Å². The summed E-state index contributed by atoms with van der Waals surface area (Å²) in [7, 11) is -1.94. The Labute approximate surface area is 228 Å². The maximum Gasteiger partial charge on any atom is 0.244 e. The largest absolute Gasteiger partial charge is 0.368 e. The lowest BCUT2D eigenvalue weighted by Gasteiger charge is -2.25. The van der Waals surface area contributed by atoms with E-state index in [0.29, 0.717) is 29.8 Å². The molecule has 200 valence electrons. The molecule has 0 aliphatic rings. The molecule has 3 N–H and O–H groups in total. The van der Waals surface area contributed by atoms with Gasteiger partial charge in [0.15, 0.2) is 0 Å². The summed E-state index contributed by atoms with van der Waals surface area (Å²) in [6.45, 7) is 6.89. The van der Waals surface area contributed by atoms with E-state index in [2.05, 4.69) is 15.3 Å². The van der Waals surface area contributed by atoms with E-state index in [-0.39, 0.29) is 28.9 Å². The number of para-hydroxylation sites is 1. The van der Waals surface area contributed by atoms with Gasteiger partial charge in [0.2, 0.25) is 15.9 Å². The van der Waals surface area contributed by atoms with Gasteiger partial charge in [0, 0.05) is 30.0 Å². The highest BCUT2D eigenvalue weighted by Crippen LogP contribution is 2.27. The molecule has 9 nitrogen and oxygen atoms in total. The van der Waals surface area contributed by atoms with Crippen molar-refractivity contribution in [2.24, 2.45) is 11.7 Å². The number of nitrogens with one attached hydrogen (secondary N) is 1. The Morgan fingerprint density at radius 2 is 1.81 bits per heavy atom. The first kappa shape index (κ1) is 29.1. The van der Waals surface area contributed by atoms with Gasteiger partial charge in [0.05, 0.1) is 17.1 Å². The van der Waals surface area contributed by atoms with E-state index in [1.807, 2.05) is 50.1 Å². The van der Waals surface area contributed by atoms with E-state index < -0.39 is 22.0 Å². The van der Waals surface area contributed by atoms with Gasteiger partial charge in [-0.2, -0.15) is 4.31 Å². The second-order valence-electron chi connectivity index (χ2n) is 9.08. The third kappa shape index (κ3) is 7.08. The molecule has 0 aliphatic carbocycles. The molecular formula is C25H32Cl2N6O3S. The number of hydrogen-bond donors (Lipinski definition) is 2. The number of fused-ring (bicyclic) bond motifs is 1. The van der Waals surface area contributed by atoms with Gasteiger partial charge in [-0.1, -0.05) is 56.1 Å². The van der Waals surface area contributed by atoms with Gasteiger partial charge in [-0.05, 0) is 43.3 Å². The molecule has 0 radical (unpaired) electrons. The molecule has 1 amide bonds. The Hall–Kier alpha value is -2.50. The average molecular weight is 568 g/mol. The van der Waals surface area contributed by atoms with Crippen molar-refractivity contribution < 1.29 is 13.2 Å². The Bertz CT molecular complexity index is 1370. The molecule has 12 heteroatoms. The quantitative estimate of drug-likeness (QED) is 0.339. The van der Waals surface area contributed by atoms with E-state index in [4.69, 9.17) is 28.9 Å². The smallest absolute Gasteiger partial charge is 0.244 e. The number of nitrogens with zero attached hydrogens (tertiary/aromatic N) is 4. The fourth-order valence-corrected chi connectivity index (χ4v) is 6.08. The average Bonchev–Trinajstić information content (AvgIpc) is 2.81. The summed E-state index contributed by atoms with van der Waals surface area (Å²) in [4.78, 5) is 23.3. The van der Waals surface area contributed by atoms with E-state index >= 15 is 0 Å². The third-order valence-electron chi connectivity index (χ3n) is 5.92. The van der Waals surface area contributed by atoms with Crippen LogP contribution in [0.3, 0.4) is 0 Å². The van der Waals surface area contributed by atoms with Crippen LogP contribution in [0.25, 0.3) is 10.9 Å². The van der Waals surface area contributed by atoms with Crippen molar-refractivity contribution in [3.63, 3.8) is 0 Å². The molecular weight excluding hydrogens is 535 g/mol. The zero-order valence-electron chi connectivity index (χ0n) is 21.3. The van der Waals surface area contributed by atoms with Crippen molar-refractivity contribution in [2.75, 3.05) is 32.0 Å². The van der Waals surface area contributed by atoms with Crippen LogP contribution in [-0.4, -0.2) is 66.2 Å². The van der Waals surface area contributed by atoms with Gasteiger partial charge in [0.1, 0.15) is 22.6 Å². The monoisotopic (exact) mass is 566 g/mol. The van der Waals surface area contributed by atoms with E-state index in [1.165, 1.54) is 22.5 Å². The van der Waals surface area contributed by atoms with Crippen LogP contribution in [-0.2, 0) is 21.4 Å². The normalized spacial score (nSPS) is 13.0. The number of primary amides is 1. The maximum absolute atomic E-state index is 13.2. The topological polar surface area (TPSA) is 122 Å². The minimum Gasteiger partial charge on any atom is -0.368 e. The van der Waals surface area contributed by atoms with Crippen LogP contribution in [0.2, 0.25) is 10.0 Å². The fourth-order valence-electron chi connectivity index (χ4n) is 3.89. The summed E-state index contributed by atoms with van der Waals surface area (Å²) in [5, 5.41) is 4.42. The molecule has 0 spiro atoms. The summed E-state index contributed by atoms with van der Waals surface area (Å²) in [5.41, 5.74) is 6.33. The van der Waals surface area contributed by atoms with Crippen LogP contribution >= 0.6 is 23.2 Å². The van der Waals surface area contributed by atoms with Crippen LogP contribution in [0, 0.1) is 5.92 Å². The summed E-state index contributed by atoms with van der Waals surface area (Å²) in [6, 6.07) is 11.3. The van der Waals surface area contributed by atoms with Crippen molar-refractivity contribution in [1.29, 1.82) is 0 Å². The number of nitrogens with two attached hydrogens (primary N) is 1. The molecule has 3 rings (SSSR count). The standard InChI is InChI=1S/C25H32Cl2N6O3S/c1-5-33(37(35,36)21-11-10-17(26)14-19(21)27)13-12-32(4)15-22-29-20-9-7-6-8-18(20)25(30-22)31-23(16(2)3)24(28)34/h6-11,14,16,23H,5,12-13,15H2,1-4H3,(H2,28,34)(H,29,30,31)/t23-/m0/s1. The number of sulfonamides is 1. The Morgan fingerprint density at radius 1 is 1.11 bits per heavy atom. The van der Waals surface area contributed by atoms with Crippen molar-refractivity contribution >= 4 is 55.9 Å². The SMILES string of the molecule is CCN(CCN(C)Cc1nc(N[C@H](C(N)=O)C(C)C)c2ccccc2n1)S(=O)(=O)c1ccc(Cl)cc1Cl. The number of likely N-dealkylation sites (N-methyl/N-ethyl adjacent to an activating group) is 2. The highest BCUT2D eigenvalue weighted by molar-refractivity contribution is 7.89. The number of carbonyl (C=O) groups is 1. The van der Waals surface area contributed by atoms with Crippen molar-refractivity contribution in [1.82, 2.24) is 19.2 Å². The molecule has 0 bridgehead atoms. The van der Waals surface area contributed by atoms with Crippen molar-refractivity contribution in [3.05, 3.63) is 58.3 Å². The van der Waals surface area contributed by atoms with Gasteiger partial charge in [-0.15, -0.1) is 0 Å². The first-order valence-corrected chi connectivity index (χ1v) is 14.1. The van der Waals surface area contributed by atoms with Gasteiger partial charge in [-0.25, -0.2) is 18.4 Å². The van der Waals surface area contributed by atoms with E-state index in [1.54, 1.807) is 6.92 Å². The van der Waals surface area contributed by atoms with Crippen LogP contribution in [0.15, 0.2) is 47.4 Å².